The summed E-state index contributed by atoms with van der Waals surface area (Å²) in [6.07, 6.45) is -2.18. The maximum Gasteiger partial charge on any atom is 0.413 e. The Morgan fingerprint density at radius 1 is 0.800 bits per heavy atom. The second-order valence-electron chi connectivity index (χ2n) is 19.7. The average molecular weight is 917 g/mol. The zero-order chi connectivity index (χ0) is 49.5. The molecule has 1 aromatic rings. The minimum atomic E-state index is -1.23. The summed E-state index contributed by atoms with van der Waals surface area (Å²) < 4.78 is 23.0. The first-order chi connectivity index (χ1) is 30.4. The van der Waals surface area contributed by atoms with E-state index in [2.05, 4.69) is 5.32 Å². The lowest BCUT2D eigenvalue weighted by Gasteiger charge is -2.37. The van der Waals surface area contributed by atoms with E-state index >= 15 is 0 Å². The van der Waals surface area contributed by atoms with Crippen molar-refractivity contribution in [3.63, 3.8) is 0 Å². The molecule has 370 valence electrons. The molecule has 0 aliphatic carbocycles. The molecule has 1 unspecified atom stereocenters. The molecule has 0 saturated carbocycles. The summed E-state index contributed by atoms with van der Waals surface area (Å²) in [5.74, 6) is -4.63. The highest BCUT2D eigenvalue weighted by atomic mass is 16.7. The van der Waals surface area contributed by atoms with Gasteiger partial charge in [0.2, 0.25) is 11.8 Å². The van der Waals surface area contributed by atoms with Crippen LogP contribution < -0.4 is 11.1 Å². The van der Waals surface area contributed by atoms with E-state index in [4.69, 9.17) is 24.7 Å². The summed E-state index contributed by atoms with van der Waals surface area (Å²) in [4.78, 5) is 85.5. The average Bonchev–Trinajstić information content (AvgIpc) is 3.75. The van der Waals surface area contributed by atoms with Crippen molar-refractivity contribution in [1.82, 2.24) is 15.1 Å². The lowest BCUT2D eigenvalue weighted by molar-refractivity contribution is -0.179. The second kappa shape index (κ2) is 27.0. The number of esters is 1. The predicted molar refractivity (Wildman–Crippen MR) is 250 cm³/mol. The van der Waals surface area contributed by atoms with E-state index in [0.29, 0.717) is 19.4 Å². The van der Waals surface area contributed by atoms with Crippen molar-refractivity contribution in [2.75, 3.05) is 27.8 Å². The van der Waals surface area contributed by atoms with E-state index in [1.807, 2.05) is 71.9 Å². The van der Waals surface area contributed by atoms with Crippen molar-refractivity contribution in [2.24, 2.45) is 53.1 Å². The molecule has 1 aliphatic rings. The zero-order valence-electron chi connectivity index (χ0n) is 42.1. The van der Waals surface area contributed by atoms with Crippen LogP contribution >= 0.6 is 0 Å². The summed E-state index contributed by atoms with van der Waals surface area (Å²) in [7, 11) is 4.52. The molecule has 4 N–H and O–H groups in total. The third-order valence-electron chi connectivity index (χ3n) is 13.3. The summed E-state index contributed by atoms with van der Waals surface area (Å²) in [5, 5.41) is 14.1. The van der Waals surface area contributed by atoms with Gasteiger partial charge in [-0.25, -0.2) is 4.79 Å². The molecule has 12 atom stereocenters. The van der Waals surface area contributed by atoms with Gasteiger partial charge in [0.15, 0.2) is 5.78 Å². The molecule has 2 rings (SSSR count). The Kier molecular flexibility index (Phi) is 23.8. The number of nitrogens with one attached hydrogen (secondary N) is 1. The van der Waals surface area contributed by atoms with Crippen LogP contribution in [0.1, 0.15) is 133 Å². The molecule has 1 aliphatic heterocycles. The molecule has 1 saturated heterocycles. The number of likely N-dealkylation sites (N-methyl/N-ethyl adjacent to an activating group) is 1. The monoisotopic (exact) mass is 917 g/mol. The van der Waals surface area contributed by atoms with Gasteiger partial charge in [0, 0.05) is 58.4 Å². The number of rotatable bonds is 27. The van der Waals surface area contributed by atoms with Gasteiger partial charge >= 0.3 is 12.1 Å². The Morgan fingerprint density at radius 2 is 1.42 bits per heavy atom. The van der Waals surface area contributed by atoms with Crippen molar-refractivity contribution in [2.45, 2.75) is 170 Å². The number of Topliss-reactive ketones (excluding diaryl/α,β-unsaturated/α-hetero) is 2. The number of hydrogen-bond acceptors (Lipinski definition) is 12. The van der Waals surface area contributed by atoms with Crippen molar-refractivity contribution in [3.05, 3.63) is 35.9 Å². The largest absolute Gasteiger partial charge is 0.424 e. The first kappa shape index (κ1) is 57.2. The van der Waals surface area contributed by atoms with Gasteiger partial charge in [-0.1, -0.05) is 120 Å². The fraction of sp³-hybridized carbons (Fsp3) is 0.760. The fourth-order valence-corrected chi connectivity index (χ4v) is 8.75. The van der Waals surface area contributed by atoms with E-state index in [1.54, 1.807) is 53.6 Å². The summed E-state index contributed by atoms with van der Waals surface area (Å²) in [5.41, 5.74) is 6.72. The maximum absolute atomic E-state index is 14.3. The number of ether oxygens (including phenoxy) is 4. The number of nitrogens with zero attached hydrogens (tertiary/aromatic N) is 2. The van der Waals surface area contributed by atoms with Crippen molar-refractivity contribution in [3.8, 4) is 0 Å². The van der Waals surface area contributed by atoms with Gasteiger partial charge in [0.1, 0.15) is 11.8 Å². The number of hydrogen-bond donors (Lipinski definition) is 3. The fourth-order valence-electron chi connectivity index (χ4n) is 8.75. The van der Waals surface area contributed by atoms with Crippen LogP contribution in [0.4, 0.5) is 4.79 Å². The van der Waals surface area contributed by atoms with E-state index in [1.165, 1.54) is 19.1 Å². The van der Waals surface area contributed by atoms with E-state index in [9.17, 15) is 33.9 Å². The van der Waals surface area contributed by atoms with Crippen LogP contribution in [0.3, 0.4) is 0 Å². The number of likely N-dealkylation sites (tertiary alicyclic amines) is 1. The number of nitrogens with two attached hydrogens (primary N) is 1. The van der Waals surface area contributed by atoms with Crippen molar-refractivity contribution < 1.29 is 52.8 Å². The number of aliphatic hydroxyl groups is 1. The maximum atomic E-state index is 14.3. The molecule has 3 amide bonds. The van der Waals surface area contributed by atoms with Crippen molar-refractivity contribution >= 4 is 35.4 Å². The van der Waals surface area contributed by atoms with Gasteiger partial charge in [0.25, 0.3) is 6.29 Å². The molecule has 1 aromatic carbocycles. The van der Waals surface area contributed by atoms with Gasteiger partial charge in [-0.3, -0.25) is 24.0 Å². The summed E-state index contributed by atoms with van der Waals surface area (Å²) in [6, 6.07) is 6.45. The van der Waals surface area contributed by atoms with Crippen LogP contribution in [0.15, 0.2) is 30.3 Å². The molecular weight excluding hydrogens is 833 g/mol. The van der Waals surface area contributed by atoms with E-state index in [0.717, 1.165) is 12.0 Å². The first-order valence-electron chi connectivity index (χ1n) is 23.8. The first-order valence-corrected chi connectivity index (χ1v) is 23.8. The number of ketones is 2. The minimum Gasteiger partial charge on any atom is -0.424 e. The quantitative estimate of drug-likeness (QED) is 0.0622. The number of amides is 3. The van der Waals surface area contributed by atoms with Gasteiger partial charge in [0.05, 0.1) is 42.9 Å². The van der Waals surface area contributed by atoms with Crippen LogP contribution in [0.2, 0.25) is 0 Å². The Morgan fingerprint density at radius 3 is 1.92 bits per heavy atom. The Bertz CT molecular complexity index is 1670. The predicted octanol–water partition coefficient (Wildman–Crippen LogP) is 6.73. The molecule has 0 spiro atoms. The van der Waals surface area contributed by atoms with Crippen LogP contribution in [0.5, 0.6) is 0 Å². The molecule has 15 heteroatoms. The molecule has 1 fully saturated rings. The lowest BCUT2D eigenvalue weighted by Crippen LogP contribution is -2.54. The number of carbonyl (C=O) groups is 6. The second-order valence-corrected chi connectivity index (χ2v) is 19.7. The Hall–Kier alpha value is -3.92. The molecule has 65 heavy (non-hydrogen) atoms. The van der Waals surface area contributed by atoms with Crippen LogP contribution in [0.25, 0.3) is 0 Å². The molecular formula is C50H84N4O11. The topological polar surface area (TPSA) is 204 Å². The lowest BCUT2D eigenvalue weighted by atomic mass is 9.84. The van der Waals surface area contributed by atoms with Gasteiger partial charge in [-0.15, -0.1) is 0 Å². The summed E-state index contributed by atoms with van der Waals surface area (Å²) in [6.45, 7) is 22.5. The van der Waals surface area contributed by atoms with Gasteiger partial charge < -0.3 is 44.9 Å². The number of carbonyl (C=O) groups excluding carboxylic acids is 6. The van der Waals surface area contributed by atoms with Gasteiger partial charge in [-0.2, -0.15) is 0 Å². The van der Waals surface area contributed by atoms with E-state index in [-0.39, 0.29) is 78.3 Å². The Labute approximate surface area is 389 Å². The molecule has 0 radical (unpaired) electrons. The normalized spacial score (nSPS) is 19.4. The van der Waals surface area contributed by atoms with Crippen LogP contribution in [-0.2, 0) is 42.9 Å². The standard InChI is InChI=1S/C50H84N4O11/c1-16-32(10)43(40(62-14)27-41(57)54-24-20-23-37(54)46(63-15)34(12)38(55)25-33(11)45(58)35-21-18-17-19-22-35)52-47(59)36(28(2)3)26-39(56)44(30(6)7)53(13)50(61)65-49(31(8)9)64-48(60)42(51)29(4)5/h17-19,21-22,28-34,36-37,40,42-46,49,58H,16,20,23-27,51H2,1-15H3,(H,52,59)/t32-,33-,34-,36-,37-,40+,42-,43-,44-,45+,46+,49?/m0/s1. The molecule has 0 aromatic heterocycles. The SMILES string of the molecule is CC[C@H](C)[C@H](NC(=O)[C@@H](CC(=O)[C@H](C(C)C)N(C)C(=O)OC(OC(=O)[C@@H](N)C(C)C)C(C)C)C(C)C)[C@@H](CC(=O)N1CCC[C@H]1[C@H](OC)[C@@H](C)C(=O)C[C@H](C)[C@@H](O)c1ccccc1)OC. The smallest absolute Gasteiger partial charge is 0.413 e. The summed E-state index contributed by atoms with van der Waals surface area (Å²) >= 11 is 0. The molecule has 0 bridgehead atoms. The number of benzene rings is 1. The van der Waals surface area contributed by atoms with Crippen LogP contribution in [-0.4, -0.2) is 121 Å². The minimum absolute atomic E-state index is 0.0367. The highest BCUT2D eigenvalue weighted by molar-refractivity contribution is 5.92. The van der Waals surface area contributed by atoms with E-state index < -0.39 is 72.5 Å². The third kappa shape index (κ3) is 16.1. The van der Waals surface area contributed by atoms with Crippen LogP contribution in [0, 0.1) is 47.3 Å². The number of aliphatic hydroxyl groups excluding tert-OH is 1. The van der Waals surface area contributed by atoms with Crippen molar-refractivity contribution in [1.29, 1.82) is 0 Å². The molecule has 1 heterocycles. The Balaban J connectivity index is 2.24. The molecule has 15 nitrogen and oxygen atoms in total. The number of methoxy groups -OCH3 is 2. The third-order valence-corrected chi connectivity index (χ3v) is 13.3. The highest BCUT2D eigenvalue weighted by Crippen LogP contribution is 2.32. The highest BCUT2D eigenvalue weighted by Gasteiger charge is 2.43. The van der Waals surface area contributed by atoms with Gasteiger partial charge in [-0.05, 0) is 48.0 Å². The zero-order valence-corrected chi connectivity index (χ0v) is 42.1.